The number of nitrogens with zero attached hydrogens (tertiary/aromatic N) is 1. The van der Waals surface area contributed by atoms with Gasteiger partial charge in [-0.15, -0.1) is 0 Å². The number of para-hydroxylation sites is 2. The molecule has 1 N–H and O–H groups in total. The molecule has 2 fully saturated rings. The lowest BCUT2D eigenvalue weighted by atomic mass is 9.69. The Labute approximate surface area is 160 Å². The van der Waals surface area contributed by atoms with Gasteiger partial charge in [0.25, 0.3) is 0 Å². The van der Waals surface area contributed by atoms with Crippen molar-refractivity contribution >= 4 is 22.6 Å². The van der Waals surface area contributed by atoms with E-state index >= 15 is 0 Å². The average Bonchev–Trinajstić information content (AvgIpc) is 3.19. The zero-order valence-corrected chi connectivity index (χ0v) is 15.8. The molecule has 2 saturated carbocycles. The van der Waals surface area contributed by atoms with Gasteiger partial charge in [0.1, 0.15) is 5.82 Å². The Balaban J connectivity index is 1.54. The SMILES string of the molecule is Clc1ccc(CC(c2nc3ccccc3[nH]2)C2C3CCCC2CC3)cc1. The molecule has 3 unspecified atom stereocenters. The second-order valence-electron chi connectivity index (χ2n) is 8.18. The van der Waals surface area contributed by atoms with E-state index in [1.807, 2.05) is 12.1 Å². The van der Waals surface area contributed by atoms with Gasteiger partial charge >= 0.3 is 0 Å². The molecule has 2 aliphatic rings. The number of nitrogens with one attached hydrogen (secondary N) is 1. The fraction of sp³-hybridized carbons (Fsp3) is 0.435. The Morgan fingerprint density at radius 1 is 0.962 bits per heavy atom. The number of H-pyrrole nitrogens is 1. The van der Waals surface area contributed by atoms with Gasteiger partial charge in [0.05, 0.1) is 11.0 Å². The molecule has 26 heavy (non-hydrogen) atoms. The normalized spacial score (nSPS) is 26.3. The van der Waals surface area contributed by atoms with Crippen LogP contribution in [0.4, 0.5) is 0 Å². The van der Waals surface area contributed by atoms with Crippen molar-refractivity contribution in [2.45, 2.75) is 44.4 Å². The van der Waals surface area contributed by atoms with Gasteiger partial charge < -0.3 is 4.98 Å². The van der Waals surface area contributed by atoms with Gasteiger partial charge in [-0.25, -0.2) is 4.98 Å². The van der Waals surface area contributed by atoms with E-state index in [1.54, 1.807) is 0 Å². The van der Waals surface area contributed by atoms with Gasteiger partial charge in [-0.3, -0.25) is 0 Å². The van der Waals surface area contributed by atoms with Gasteiger partial charge in [-0.2, -0.15) is 0 Å². The smallest absolute Gasteiger partial charge is 0.110 e. The molecule has 3 aromatic rings. The second-order valence-corrected chi connectivity index (χ2v) is 8.62. The van der Waals surface area contributed by atoms with Gasteiger partial charge in [0.2, 0.25) is 0 Å². The predicted molar refractivity (Wildman–Crippen MR) is 108 cm³/mol. The number of fused-ring (bicyclic) bond motifs is 3. The Hall–Kier alpha value is -1.80. The van der Waals surface area contributed by atoms with Crippen LogP contribution in [0.15, 0.2) is 48.5 Å². The quantitative estimate of drug-likeness (QED) is 0.572. The van der Waals surface area contributed by atoms with Crippen LogP contribution in [0.5, 0.6) is 0 Å². The molecule has 0 aliphatic heterocycles. The Kier molecular flexibility index (Phi) is 4.24. The highest BCUT2D eigenvalue weighted by Gasteiger charge is 2.44. The van der Waals surface area contributed by atoms with Crippen molar-refractivity contribution in [1.29, 1.82) is 0 Å². The van der Waals surface area contributed by atoms with Gasteiger partial charge in [-0.1, -0.05) is 55.1 Å². The highest BCUT2D eigenvalue weighted by Crippen LogP contribution is 2.53. The van der Waals surface area contributed by atoms with E-state index in [1.165, 1.54) is 43.5 Å². The molecule has 2 aliphatic carbocycles. The summed E-state index contributed by atoms with van der Waals surface area (Å²) in [6.07, 6.45) is 8.09. The van der Waals surface area contributed by atoms with Crippen molar-refractivity contribution in [3.63, 3.8) is 0 Å². The minimum Gasteiger partial charge on any atom is -0.342 e. The topological polar surface area (TPSA) is 28.7 Å². The Bertz CT molecular complexity index is 849. The summed E-state index contributed by atoms with van der Waals surface area (Å²) in [6, 6.07) is 16.8. The van der Waals surface area contributed by atoms with Crippen molar-refractivity contribution in [3.05, 3.63) is 64.9 Å². The van der Waals surface area contributed by atoms with Gasteiger partial charge in [0.15, 0.2) is 0 Å². The number of hydrogen-bond donors (Lipinski definition) is 1. The molecule has 134 valence electrons. The number of aromatic nitrogens is 2. The standard InChI is InChI=1S/C23H25ClN2/c24-18-12-8-15(9-13-18)14-19(22-16-4-3-5-17(22)11-10-16)23-25-20-6-1-2-7-21(20)26-23/h1-2,6-9,12-13,16-17,19,22H,3-5,10-11,14H2,(H,25,26). The van der Waals surface area contributed by atoms with Crippen LogP contribution < -0.4 is 0 Å². The van der Waals surface area contributed by atoms with Gasteiger partial charge in [-0.05, 0) is 66.8 Å². The zero-order valence-electron chi connectivity index (χ0n) is 15.0. The molecular formula is C23H25ClN2. The first-order valence-corrected chi connectivity index (χ1v) is 10.3. The maximum absolute atomic E-state index is 6.11. The van der Waals surface area contributed by atoms with Crippen molar-refractivity contribution in [2.75, 3.05) is 0 Å². The fourth-order valence-electron chi connectivity index (χ4n) is 5.61. The molecule has 0 saturated heterocycles. The highest BCUT2D eigenvalue weighted by molar-refractivity contribution is 6.30. The summed E-state index contributed by atoms with van der Waals surface area (Å²) in [6.45, 7) is 0. The first kappa shape index (κ1) is 16.4. The third-order valence-electron chi connectivity index (χ3n) is 6.74. The summed E-state index contributed by atoms with van der Waals surface area (Å²) in [5, 5.41) is 0.812. The maximum Gasteiger partial charge on any atom is 0.110 e. The molecule has 2 aromatic carbocycles. The predicted octanol–water partition coefficient (Wildman–Crippen LogP) is 6.37. The molecule has 2 nitrogen and oxygen atoms in total. The third-order valence-corrected chi connectivity index (χ3v) is 6.99. The van der Waals surface area contributed by atoms with Crippen molar-refractivity contribution in [2.24, 2.45) is 17.8 Å². The van der Waals surface area contributed by atoms with Crippen LogP contribution in [0, 0.1) is 17.8 Å². The highest BCUT2D eigenvalue weighted by atomic mass is 35.5. The van der Waals surface area contributed by atoms with Crippen molar-refractivity contribution < 1.29 is 0 Å². The lowest BCUT2D eigenvalue weighted by Gasteiger charge is -2.36. The zero-order chi connectivity index (χ0) is 17.5. The molecular weight excluding hydrogens is 340 g/mol. The number of rotatable bonds is 4. The summed E-state index contributed by atoms with van der Waals surface area (Å²) >= 11 is 6.11. The number of halogens is 1. The first-order valence-electron chi connectivity index (χ1n) is 9.97. The number of imidazole rings is 1. The second kappa shape index (κ2) is 6.74. The van der Waals surface area contributed by atoms with E-state index in [0.717, 1.165) is 40.2 Å². The average molecular weight is 365 g/mol. The molecule has 1 aromatic heterocycles. The van der Waals surface area contributed by atoms with E-state index in [2.05, 4.69) is 41.4 Å². The van der Waals surface area contributed by atoms with Crippen LogP contribution in [0.1, 0.15) is 49.4 Å². The minimum absolute atomic E-state index is 0.473. The largest absolute Gasteiger partial charge is 0.342 e. The van der Waals surface area contributed by atoms with E-state index in [-0.39, 0.29) is 0 Å². The van der Waals surface area contributed by atoms with E-state index in [4.69, 9.17) is 16.6 Å². The molecule has 0 amide bonds. The van der Waals surface area contributed by atoms with E-state index in [9.17, 15) is 0 Å². The third kappa shape index (κ3) is 2.95. The number of hydrogen-bond acceptors (Lipinski definition) is 1. The molecule has 2 bridgehead atoms. The molecule has 3 atom stereocenters. The Morgan fingerprint density at radius 2 is 1.69 bits per heavy atom. The summed E-state index contributed by atoms with van der Waals surface area (Å²) in [7, 11) is 0. The van der Waals surface area contributed by atoms with Crippen LogP contribution in [0.2, 0.25) is 5.02 Å². The molecule has 1 heterocycles. The summed E-state index contributed by atoms with van der Waals surface area (Å²) in [4.78, 5) is 8.67. The van der Waals surface area contributed by atoms with E-state index in [0.29, 0.717) is 5.92 Å². The Morgan fingerprint density at radius 3 is 2.42 bits per heavy atom. The summed E-state index contributed by atoms with van der Waals surface area (Å²) < 4.78 is 0. The fourth-order valence-corrected chi connectivity index (χ4v) is 5.73. The van der Waals surface area contributed by atoms with Crippen molar-refractivity contribution in [3.8, 4) is 0 Å². The number of aromatic amines is 1. The van der Waals surface area contributed by atoms with Crippen LogP contribution in [-0.4, -0.2) is 9.97 Å². The molecule has 5 rings (SSSR count). The lowest BCUT2D eigenvalue weighted by Crippen LogP contribution is -2.29. The summed E-state index contributed by atoms with van der Waals surface area (Å²) in [5.41, 5.74) is 3.61. The van der Waals surface area contributed by atoms with Crippen molar-refractivity contribution in [1.82, 2.24) is 9.97 Å². The maximum atomic E-state index is 6.11. The van der Waals surface area contributed by atoms with Crippen LogP contribution in [-0.2, 0) is 6.42 Å². The van der Waals surface area contributed by atoms with Crippen LogP contribution in [0.25, 0.3) is 11.0 Å². The first-order chi connectivity index (χ1) is 12.8. The van der Waals surface area contributed by atoms with Crippen LogP contribution in [0.3, 0.4) is 0 Å². The van der Waals surface area contributed by atoms with E-state index < -0.39 is 0 Å². The van der Waals surface area contributed by atoms with Crippen LogP contribution >= 0.6 is 11.6 Å². The molecule has 0 spiro atoms. The molecule has 0 radical (unpaired) electrons. The monoisotopic (exact) mass is 364 g/mol. The lowest BCUT2D eigenvalue weighted by molar-refractivity contribution is 0.185. The number of benzene rings is 2. The minimum atomic E-state index is 0.473. The molecule has 3 heteroatoms. The van der Waals surface area contributed by atoms with Gasteiger partial charge in [0, 0.05) is 10.9 Å². The summed E-state index contributed by atoms with van der Waals surface area (Å²) in [5.74, 6) is 4.17.